The molecule has 1 aromatic carbocycles. The van der Waals surface area contributed by atoms with E-state index in [1.165, 1.54) is 12.8 Å². The third kappa shape index (κ3) is 3.16. The van der Waals surface area contributed by atoms with Crippen LogP contribution in [-0.2, 0) is 0 Å². The Hall–Kier alpha value is -1.78. The lowest BCUT2D eigenvalue weighted by molar-refractivity contribution is -0.383. The highest BCUT2D eigenvalue weighted by molar-refractivity contribution is 5.77. The van der Waals surface area contributed by atoms with Crippen molar-refractivity contribution in [3.05, 3.63) is 28.3 Å². The molecular formula is C14H21N3O2. The highest BCUT2D eigenvalue weighted by Gasteiger charge is 2.23. The lowest BCUT2D eigenvalue weighted by Crippen LogP contribution is -2.25. The number of nitrogens with one attached hydrogen (secondary N) is 1. The molecule has 0 amide bonds. The van der Waals surface area contributed by atoms with Crippen LogP contribution in [0.4, 0.5) is 17.1 Å². The number of anilines is 2. The average Bonchev–Trinajstić information content (AvgIpc) is 2.67. The number of rotatable bonds is 4. The maximum Gasteiger partial charge on any atom is 0.315 e. The molecule has 0 bridgehead atoms. The summed E-state index contributed by atoms with van der Waals surface area (Å²) >= 11 is 0. The molecule has 0 atom stereocenters. The number of nitrogens with zero attached hydrogens (tertiary/aromatic N) is 2. The van der Waals surface area contributed by atoms with Gasteiger partial charge in [-0.25, -0.2) is 0 Å². The van der Waals surface area contributed by atoms with E-state index in [0.29, 0.717) is 12.2 Å². The Balaban J connectivity index is 2.37. The largest absolute Gasteiger partial charge is 0.380 e. The van der Waals surface area contributed by atoms with Crippen molar-refractivity contribution in [1.29, 1.82) is 0 Å². The van der Waals surface area contributed by atoms with Crippen molar-refractivity contribution >= 4 is 17.1 Å². The second-order valence-electron chi connectivity index (χ2n) is 4.86. The van der Waals surface area contributed by atoms with Gasteiger partial charge in [-0.1, -0.05) is 18.9 Å². The standard InChI is InChI=1S/C14H21N3O2/c1-2-15-12-8-7-9-13(14(12)17(18)19)16-10-5-3-4-6-11-16/h7-9,15H,2-6,10-11H2,1H3. The van der Waals surface area contributed by atoms with E-state index in [-0.39, 0.29) is 10.6 Å². The van der Waals surface area contributed by atoms with Gasteiger partial charge in [-0.2, -0.15) is 0 Å². The van der Waals surface area contributed by atoms with Gasteiger partial charge in [0.15, 0.2) is 0 Å². The Morgan fingerprint density at radius 3 is 2.53 bits per heavy atom. The first-order valence-electron chi connectivity index (χ1n) is 7.00. The molecule has 1 N–H and O–H groups in total. The van der Waals surface area contributed by atoms with Gasteiger partial charge in [0.05, 0.1) is 4.92 Å². The second kappa shape index (κ2) is 6.41. The monoisotopic (exact) mass is 263 g/mol. The molecule has 2 rings (SSSR count). The van der Waals surface area contributed by atoms with Gasteiger partial charge in [-0.15, -0.1) is 0 Å². The van der Waals surface area contributed by atoms with Crippen LogP contribution >= 0.6 is 0 Å². The molecule has 0 radical (unpaired) electrons. The summed E-state index contributed by atoms with van der Waals surface area (Å²) in [7, 11) is 0. The van der Waals surface area contributed by atoms with Crippen LogP contribution in [0.1, 0.15) is 32.6 Å². The van der Waals surface area contributed by atoms with E-state index in [9.17, 15) is 10.1 Å². The van der Waals surface area contributed by atoms with Crippen molar-refractivity contribution in [3.8, 4) is 0 Å². The van der Waals surface area contributed by atoms with E-state index in [1.54, 1.807) is 6.07 Å². The summed E-state index contributed by atoms with van der Waals surface area (Å²) in [5.41, 5.74) is 1.59. The Kier molecular flexibility index (Phi) is 4.60. The van der Waals surface area contributed by atoms with E-state index in [2.05, 4.69) is 10.2 Å². The Labute approximate surface area is 113 Å². The van der Waals surface area contributed by atoms with Crippen LogP contribution in [0.25, 0.3) is 0 Å². The minimum absolute atomic E-state index is 0.214. The van der Waals surface area contributed by atoms with Crippen molar-refractivity contribution < 1.29 is 4.92 Å². The van der Waals surface area contributed by atoms with Crippen LogP contribution < -0.4 is 10.2 Å². The van der Waals surface area contributed by atoms with E-state index in [1.807, 2.05) is 19.1 Å². The van der Waals surface area contributed by atoms with Crippen LogP contribution in [0.15, 0.2) is 18.2 Å². The first-order chi connectivity index (χ1) is 9.24. The predicted octanol–water partition coefficient (Wildman–Crippen LogP) is 3.41. The Bertz CT molecular complexity index is 440. The molecule has 1 heterocycles. The van der Waals surface area contributed by atoms with Gasteiger partial charge < -0.3 is 10.2 Å². The summed E-state index contributed by atoms with van der Waals surface area (Å²) in [4.78, 5) is 13.3. The lowest BCUT2D eigenvalue weighted by Gasteiger charge is -2.23. The molecule has 1 aliphatic heterocycles. The van der Waals surface area contributed by atoms with Crippen molar-refractivity contribution in [2.75, 3.05) is 29.9 Å². The van der Waals surface area contributed by atoms with Crippen LogP contribution in [0.3, 0.4) is 0 Å². The normalized spacial score (nSPS) is 15.9. The molecule has 5 heteroatoms. The highest BCUT2D eigenvalue weighted by atomic mass is 16.6. The SMILES string of the molecule is CCNc1cccc(N2CCCCCC2)c1[N+](=O)[O-]. The number of hydrogen-bond donors (Lipinski definition) is 1. The molecule has 0 aliphatic carbocycles. The molecule has 19 heavy (non-hydrogen) atoms. The van der Waals surface area contributed by atoms with E-state index < -0.39 is 0 Å². The number of nitro benzene ring substituents is 1. The molecule has 1 aliphatic rings. The minimum Gasteiger partial charge on any atom is -0.380 e. The Morgan fingerprint density at radius 1 is 1.26 bits per heavy atom. The zero-order valence-electron chi connectivity index (χ0n) is 11.4. The summed E-state index contributed by atoms with van der Waals surface area (Å²) < 4.78 is 0. The summed E-state index contributed by atoms with van der Waals surface area (Å²) in [6, 6.07) is 5.54. The molecule has 5 nitrogen and oxygen atoms in total. The molecule has 1 saturated heterocycles. The summed E-state index contributed by atoms with van der Waals surface area (Å²) in [6.07, 6.45) is 4.67. The first-order valence-corrected chi connectivity index (χ1v) is 7.00. The maximum absolute atomic E-state index is 11.4. The molecule has 0 aromatic heterocycles. The molecule has 0 unspecified atom stereocenters. The van der Waals surface area contributed by atoms with E-state index in [0.717, 1.165) is 31.6 Å². The summed E-state index contributed by atoms with van der Waals surface area (Å²) in [6.45, 7) is 4.46. The summed E-state index contributed by atoms with van der Waals surface area (Å²) in [5, 5.41) is 14.5. The zero-order valence-corrected chi connectivity index (χ0v) is 11.4. The molecule has 1 fully saturated rings. The first kappa shape index (κ1) is 13.6. The average molecular weight is 263 g/mol. The van der Waals surface area contributed by atoms with Gasteiger partial charge in [-0.3, -0.25) is 10.1 Å². The zero-order chi connectivity index (χ0) is 13.7. The molecule has 0 spiro atoms. The quantitative estimate of drug-likeness (QED) is 0.668. The smallest absolute Gasteiger partial charge is 0.315 e. The summed E-state index contributed by atoms with van der Waals surface area (Å²) in [5.74, 6) is 0. The second-order valence-corrected chi connectivity index (χ2v) is 4.86. The van der Waals surface area contributed by atoms with E-state index >= 15 is 0 Å². The maximum atomic E-state index is 11.4. The lowest BCUT2D eigenvalue weighted by atomic mass is 10.2. The van der Waals surface area contributed by atoms with Crippen LogP contribution in [0.2, 0.25) is 0 Å². The van der Waals surface area contributed by atoms with Crippen LogP contribution in [0.5, 0.6) is 0 Å². The molecule has 104 valence electrons. The van der Waals surface area contributed by atoms with Crippen molar-refractivity contribution in [3.63, 3.8) is 0 Å². The van der Waals surface area contributed by atoms with Crippen molar-refractivity contribution in [1.82, 2.24) is 0 Å². The Morgan fingerprint density at radius 2 is 1.95 bits per heavy atom. The van der Waals surface area contributed by atoms with Gasteiger partial charge in [0.25, 0.3) is 0 Å². The molecule has 0 saturated carbocycles. The number of para-hydroxylation sites is 1. The van der Waals surface area contributed by atoms with Crippen molar-refractivity contribution in [2.24, 2.45) is 0 Å². The number of nitro groups is 1. The van der Waals surface area contributed by atoms with Gasteiger partial charge in [-0.05, 0) is 31.9 Å². The fourth-order valence-electron chi connectivity index (χ4n) is 2.62. The highest BCUT2D eigenvalue weighted by Crippen LogP contribution is 2.36. The minimum atomic E-state index is -0.266. The topological polar surface area (TPSA) is 58.4 Å². The third-order valence-electron chi connectivity index (χ3n) is 3.51. The van der Waals surface area contributed by atoms with E-state index in [4.69, 9.17) is 0 Å². The number of hydrogen-bond acceptors (Lipinski definition) is 4. The molecule has 1 aromatic rings. The number of benzene rings is 1. The fourth-order valence-corrected chi connectivity index (χ4v) is 2.62. The van der Waals surface area contributed by atoms with Crippen LogP contribution in [-0.4, -0.2) is 24.6 Å². The third-order valence-corrected chi connectivity index (χ3v) is 3.51. The van der Waals surface area contributed by atoms with Crippen LogP contribution in [0, 0.1) is 10.1 Å². The van der Waals surface area contributed by atoms with Crippen molar-refractivity contribution in [2.45, 2.75) is 32.6 Å². The predicted molar refractivity (Wildman–Crippen MR) is 77.9 cm³/mol. The van der Waals surface area contributed by atoms with Gasteiger partial charge in [0, 0.05) is 19.6 Å². The van der Waals surface area contributed by atoms with Gasteiger partial charge in [0.2, 0.25) is 0 Å². The van der Waals surface area contributed by atoms with Gasteiger partial charge >= 0.3 is 5.69 Å². The fraction of sp³-hybridized carbons (Fsp3) is 0.571. The van der Waals surface area contributed by atoms with Gasteiger partial charge in [0.1, 0.15) is 11.4 Å². The molecular weight excluding hydrogens is 242 g/mol.